The second-order valence-electron chi connectivity index (χ2n) is 4.82. The van der Waals surface area contributed by atoms with E-state index in [1.807, 2.05) is 12.3 Å². The number of nitrogens with zero attached hydrogens (tertiary/aromatic N) is 2. The fraction of sp³-hybridized carbons (Fsp3) is 0.615. The van der Waals surface area contributed by atoms with E-state index in [-0.39, 0.29) is 0 Å². The first-order chi connectivity index (χ1) is 7.95. The summed E-state index contributed by atoms with van der Waals surface area (Å²) < 4.78 is 0. The van der Waals surface area contributed by atoms with Crippen LogP contribution in [0.3, 0.4) is 0 Å². The second kappa shape index (κ2) is 4.52. The molecule has 0 radical (unpaired) electrons. The van der Waals surface area contributed by atoms with E-state index >= 15 is 0 Å². The molecule has 0 bridgehead atoms. The van der Waals surface area contributed by atoms with Crippen molar-refractivity contribution < 1.29 is 0 Å². The van der Waals surface area contributed by atoms with Gasteiger partial charge in [-0.15, -0.1) is 0 Å². The number of pyridine rings is 1. The molecule has 0 spiro atoms. The molecule has 1 saturated heterocycles. The minimum Gasteiger partial charge on any atom is -0.314 e. The Hall–Kier alpha value is -0.930. The van der Waals surface area contributed by atoms with E-state index in [9.17, 15) is 0 Å². The molecular weight excluding hydrogens is 198 g/mol. The lowest BCUT2D eigenvalue weighted by Crippen LogP contribution is -2.45. The van der Waals surface area contributed by atoms with Crippen molar-refractivity contribution in [1.82, 2.24) is 15.2 Å². The summed E-state index contributed by atoms with van der Waals surface area (Å²) >= 11 is 0. The summed E-state index contributed by atoms with van der Waals surface area (Å²) in [5.41, 5.74) is 1.27. The van der Waals surface area contributed by atoms with Crippen LogP contribution in [0.5, 0.6) is 0 Å². The molecule has 1 N–H and O–H groups in total. The van der Waals surface area contributed by atoms with Crippen molar-refractivity contribution >= 4 is 0 Å². The quantitative estimate of drug-likeness (QED) is 0.830. The Morgan fingerprint density at radius 2 is 2.06 bits per heavy atom. The predicted octanol–water partition coefficient (Wildman–Crippen LogP) is 1.44. The van der Waals surface area contributed by atoms with Crippen molar-refractivity contribution in [3.05, 3.63) is 30.1 Å². The van der Waals surface area contributed by atoms with Crippen molar-refractivity contribution in [3.8, 4) is 0 Å². The summed E-state index contributed by atoms with van der Waals surface area (Å²) in [7, 11) is 0. The first kappa shape index (κ1) is 10.2. The summed E-state index contributed by atoms with van der Waals surface area (Å²) in [4.78, 5) is 7.16. The van der Waals surface area contributed by atoms with Crippen LogP contribution in [0, 0.1) is 5.92 Å². The minimum absolute atomic E-state index is 0.572. The van der Waals surface area contributed by atoms with Gasteiger partial charge in [0.15, 0.2) is 0 Å². The number of aromatic nitrogens is 1. The molecule has 1 saturated carbocycles. The fourth-order valence-corrected chi connectivity index (χ4v) is 2.65. The van der Waals surface area contributed by atoms with Gasteiger partial charge in [-0.2, -0.15) is 0 Å². The van der Waals surface area contributed by atoms with E-state index in [1.165, 1.54) is 18.5 Å². The topological polar surface area (TPSA) is 28.2 Å². The highest BCUT2D eigenvalue weighted by molar-refractivity contribution is 5.12. The largest absolute Gasteiger partial charge is 0.314 e. The zero-order valence-corrected chi connectivity index (χ0v) is 9.60. The van der Waals surface area contributed by atoms with Gasteiger partial charge in [0, 0.05) is 32.4 Å². The molecule has 3 heteroatoms. The molecule has 1 aromatic rings. The van der Waals surface area contributed by atoms with Gasteiger partial charge in [-0.1, -0.05) is 6.07 Å². The van der Waals surface area contributed by atoms with Gasteiger partial charge in [-0.25, -0.2) is 0 Å². The number of piperazine rings is 1. The van der Waals surface area contributed by atoms with Crippen LogP contribution >= 0.6 is 0 Å². The van der Waals surface area contributed by atoms with Crippen molar-refractivity contribution in [2.24, 2.45) is 5.92 Å². The molecule has 16 heavy (non-hydrogen) atoms. The third-order valence-electron chi connectivity index (χ3n) is 3.60. The third kappa shape index (κ3) is 2.11. The Morgan fingerprint density at radius 1 is 1.25 bits per heavy atom. The lowest BCUT2D eigenvalue weighted by Gasteiger charge is -2.34. The van der Waals surface area contributed by atoms with Gasteiger partial charge < -0.3 is 5.32 Å². The van der Waals surface area contributed by atoms with Crippen molar-refractivity contribution in [1.29, 1.82) is 0 Å². The molecule has 2 heterocycles. The normalized spacial score (nSPS) is 24.2. The number of hydrogen-bond donors (Lipinski definition) is 1. The molecule has 0 aromatic carbocycles. The van der Waals surface area contributed by atoms with Crippen molar-refractivity contribution in [2.75, 3.05) is 26.2 Å². The Bertz CT molecular complexity index is 328. The van der Waals surface area contributed by atoms with Gasteiger partial charge in [0.25, 0.3) is 0 Å². The number of nitrogens with one attached hydrogen (secondary N) is 1. The summed E-state index contributed by atoms with van der Waals surface area (Å²) in [6, 6.07) is 6.87. The zero-order chi connectivity index (χ0) is 10.8. The van der Waals surface area contributed by atoms with Crippen LogP contribution in [-0.4, -0.2) is 36.1 Å². The number of hydrogen-bond acceptors (Lipinski definition) is 3. The van der Waals surface area contributed by atoms with Crippen LogP contribution in [-0.2, 0) is 0 Å². The zero-order valence-electron chi connectivity index (χ0n) is 9.60. The van der Waals surface area contributed by atoms with Gasteiger partial charge >= 0.3 is 0 Å². The summed E-state index contributed by atoms with van der Waals surface area (Å²) in [6.45, 7) is 4.57. The molecular formula is C13H19N3. The smallest absolute Gasteiger partial charge is 0.0578 e. The van der Waals surface area contributed by atoms with Crippen molar-refractivity contribution in [3.63, 3.8) is 0 Å². The second-order valence-corrected chi connectivity index (χ2v) is 4.82. The average molecular weight is 217 g/mol. The first-order valence-corrected chi connectivity index (χ1v) is 6.31. The molecule has 0 amide bonds. The highest BCUT2D eigenvalue weighted by Gasteiger charge is 2.37. The van der Waals surface area contributed by atoms with E-state index in [1.54, 1.807) is 0 Å². The molecule has 1 aliphatic carbocycles. The fourth-order valence-electron chi connectivity index (χ4n) is 2.65. The maximum Gasteiger partial charge on any atom is 0.0578 e. The Balaban J connectivity index is 1.80. The maximum atomic E-state index is 4.55. The van der Waals surface area contributed by atoms with E-state index in [0.717, 1.165) is 32.1 Å². The predicted molar refractivity (Wildman–Crippen MR) is 64.1 cm³/mol. The molecule has 0 unspecified atom stereocenters. The van der Waals surface area contributed by atoms with Gasteiger partial charge in [0.2, 0.25) is 0 Å². The molecule has 1 atom stereocenters. The lowest BCUT2D eigenvalue weighted by molar-refractivity contribution is 0.153. The Morgan fingerprint density at radius 3 is 2.69 bits per heavy atom. The SMILES string of the molecule is c1ccc([C@@H](C2CC2)N2CCNCC2)nc1. The van der Waals surface area contributed by atoms with Crippen LogP contribution < -0.4 is 5.32 Å². The highest BCUT2D eigenvalue weighted by Crippen LogP contribution is 2.43. The Labute approximate surface area is 96.9 Å². The summed E-state index contributed by atoms with van der Waals surface area (Å²) in [5.74, 6) is 0.855. The lowest BCUT2D eigenvalue weighted by atomic mass is 10.1. The first-order valence-electron chi connectivity index (χ1n) is 6.31. The maximum absolute atomic E-state index is 4.55. The molecule has 1 aliphatic heterocycles. The monoisotopic (exact) mass is 217 g/mol. The van der Waals surface area contributed by atoms with Crippen LogP contribution in [0.15, 0.2) is 24.4 Å². The molecule has 1 aromatic heterocycles. The standard InChI is InChI=1S/C13H19N3/c1-2-6-15-12(3-1)13(11-4-5-11)16-9-7-14-8-10-16/h1-3,6,11,13-14H,4-5,7-10H2/t13-/m1/s1. The molecule has 3 rings (SSSR count). The van der Waals surface area contributed by atoms with Crippen LogP contribution in [0.1, 0.15) is 24.6 Å². The Kier molecular flexibility index (Phi) is 2.89. The third-order valence-corrected chi connectivity index (χ3v) is 3.60. The van der Waals surface area contributed by atoms with Crippen molar-refractivity contribution in [2.45, 2.75) is 18.9 Å². The van der Waals surface area contributed by atoms with Crippen LogP contribution in [0.25, 0.3) is 0 Å². The van der Waals surface area contributed by atoms with Crippen LogP contribution in [0.2, 0.25) is 0 Å². The average Bonchev–Trinajstić information content (AvgIpc) is 3.17. The highest BCUT2D eigenvalue weighted by atomic mass is 15.2. The number of rotatable bonds is 3. The summed E-state index contributed by atoms with van der Waals surface area (Å²) in [6.07, 6.45) is 4.68. The molecule has 86 valence electrons. The molecule has 2 fully saturated rings. The molecule has 2 aliphatic rings. The van der Waals surface area contributed by atoms with Crippen LogP contribution in [0.4, 0.5) is 0 Å². The minimum atomic E-state index is 0.572. The summed E-state index contributed by atoms with van der Waals surface area (Å²) in [5, 5.41) is 3.42. The van der Waals surface area contributed by atoms with E-state index in [4.69, 9.17) is 0 Å². The van der Waals surface area contributed by atoms with E-state index in [2.05, 4.69) is 27.3 Å². The van der Waals surface area contributed by atoms with E-state index < -0.39 is 0 Å². The van der Waals surface area contributed by atoms with Gasteiger partial charge in [0.1, 0.15) is 0 Å². The van der Waals surface area contributed by atoms with E-state index in [0.29, 0.717) is 6.04 Å². The van der Waals surface area contributed by atoms with Gasteiger partial charge in [-0.3, -0.25) is 9.88 Å². The molecule has 3 nitrogen and oxygen atoms in total. The van der Waals surface area contributed by atoms with Gasteiger partial charge in [-0.05, 0) is 30.9 Å². The van der Waals surface area contributed by atoms with Gasteiger partial charge in [0.05, 0.1) is 11.7 Å².